The van der Waals surface area contributed by atoms with E-state index in [-0.39, 0.29) is 5.79 Å². The maximum atomic E-state index is 5.86. The van der Waals surface area contributed by atoms with E-state index >= 15 is 0 Å². The molecule has 0 unspecified atom stereocenters. The zero-order valence-corrected chi connectivity index (χ0v) is 13.5. The normalized spacial score (nSPS) is 19.9. The van der Waals surface area contributed by atoms with Crippen molar-refractivity contribution >= 4 is 23.5 Å². The molecule has 2 heterocycles. The first-order valence-corrected chi connectivity index (χ1v) is 8.61. The van der Waals surface area contributed by atoms with Crippen LogP contribution in [0.5, 0.6) is 0 Å². The summed E-state index contributed by atoms with van der Waals surface area (Å²) in [4.78, 5) is 4.49. The number of thiazole rings is 1. The van der Waals surface area contributed by atoms with Crippen molar-refractivity contribution in [1.82, 2.24) is 4.98 Å². The molecule has 1 saturated heterocycles. The van der Waals surface area contributed by atoms with E-state index in [0.29, 0.717) is 0 Å². The highest BCUT2D eigenvalue weighted by Crippen LogP contribution is 2.36. The molecule has 0 amide bonds. The standard InChI is InChI=1S/C18H19NO2S/c1-13-19-16(12-22-13)6-5-14-3-2-4-15-11-18(8-7-17(14)15)20-9-10-21-18/h2-6,12H,7-11H2,1H3/b6-5+. The molecule has 2 aromatic rings. The fraction of sp³-hybridized carbons (Fsp3) is 0.389. The Morgan fingerprint density at radius 3 is 2.86 bits per heavy atom. The average Bonchev–Trinajstić information content (AvgIpc) is 3.14. The third kappa shape index (κ3) is 2.62. The van der Waals surface area contributed by atoms with Crippen molar-refractivity contribution in [1.29, 1.82) is 0 Å². The summed E-state index contributed by atoms with van der Waals surface area (Å²) in [7, 11) is 0. The molecule has 3 nitrogen and oxygen atoms in total. The van der Waals surface area contributed by atoms with Gasteiger partial charge in [0.2, 0.25) is 0 Å². The molecule has 4 rings (SSSR count). The van der Waals surface area contributed by atoms with E-state index in [1.807, 2.05) is 6.92 Å². The van der Waals surface area contributed by atoms with Gasteiger partial charge in [0.25, 0.3) is 0 Å². The predicted octanol–water partition coefficient (Wildman–Crippen LogP) is 3.85. The number of aryl methyl sites for hydroxylation is 1. The van der Waals surface area contributed by atoms with Crippen molar-refractivity contribution in [2.45, 2.75) is 32.0 Å². The molecule has 22 heavy (non-hydrogen) atoms. The largest absolute Gasteiger partial charge is 0.347 e. The number of hydrogen-bond acceptors (Lipinski definition) is 4. The molecule has 4 heteroatoms. The maximum absolute atomic E-state index is 5.86. The van der Waals surface area contributed by atoms with Crippen LogP contribution < -0.4 is 0 Å². The van der Waals surface area contributed by atoms with E-state index in [2.05, 4.69) is 40.7 Å². The molecule has 1 aliphatic heterocycles. The Morgan fingerprint density at radius 2 is 2.09 bits per heavy atom. The molecule has 1 fully saturated rings. The van der Waals surface area contributed by atoms with Gasteiger partial charge in [0.15, 0.2) is 5.79 Å². The van der Waals surface area contributed by atoms with E-state index in [0.717, 1.165) is 43.2 Å². The minimum absolute atomic E-state index is 0.360. The van der Waals surface area contributed by atoms with Gasteiger partial charge in [0.1, 0.15) is 0 Å². The van der Waals surface area contributed by atoms with Crippen LogP contribution >= 0.6 is 11.3 Å². The van der Waals surface area contributed by atoms with E-state index in [1.165, 1.54) is 16.7 Å². The van der Waals surface area contributed by atoms with E-state index in [4.69, 9.17) is 9.47 Å². The number of aromatic nitrogens is 1. The van der Waals surface area contributed by atoms with Gasteiger partial charge in [-0.3, -0.25) is 0 Å². The van der Waals surface area contributed by atoms with Gasteiger partial charge in [-0.05, 0) is 36.1 Å². The monoisotopic (exact) mass is 313 g/mol. The Morgan fingerprint density at radius 1 is 1.23 bits per heavy atom. The van der Waals surface area contributed by atoms with Crippen LogP contribution in [0.1, 0.15) is 33.8 Å². The van der Waals surface area contributed by atoms with Gasteiger partial charge in [0, 0.05) is 18.2 Å². The summed E-state index contributed by atoms with van der Waals surface area (Å²) in [6, 6.07) is 6.51. The van der Waals surface area contributed by atoms with Crippen LogP contribution in [-0.4, -0.2) is 24.0 Å². The zero-order chi connectivity index (χ0) is 15.0. The molecule has 1 aromatic heterocycles. The SMILES string of the molecule is Cc1nc(/C=C/c2cccc3c2CCC2(C3)OCCO2)cs1. The number of nitrogens with zero attached hydrogens (tertiary/aromatic N) is 1. The second kappa shape index (κ2) is 5.61. The molecule has 1 aromatic carbocycles. The van der Waals surface area contributed by atoms with Gasteiger partial charge >= 0.3 is 0 Å². The minimum Gasteiger partial charge on any atom is -0.347 e. The van der Waals surface area contributed by atoms with E-state index < -0.39 is 0 Å². The van der Waals surface area contributed by atoms with Crippen LogP contribution in [-0.2, 0) is 22.3 Å². The highest BCUT2D eigenvalue weighted by Gasteiger charge is 2.39. The van der Waals surface area contributed by atoms with Crippen LogP contribution in [0.4, 0.5) is 0 Å². The van der Waals surface area contributed by atoms with Crippen molar-refractivity contribution in [3.63, 3.8) is 0 Å². The lowest BCUT2D eigenvalue weighted by atomic mass is 9.84. The lowest BCUT2D eigenvalue weighted by molar-refractivity contribution is -0.163. The first-order valence-electron chi connectivity index (χ1n) is 7.73. The van der Waals surface area contributed by atoms with Crippen LogP contribution in [0.15, 0.2) is 23.6 Å². The molecule has 0 N–H and O–H groups in total. The third-order valence-corrected chi connectivity index (χ3v) is 5.20. The summed E-state index contributed by atoms with van der Waals surface area (Å²) < 4.78 is 11.7. The Bertz CT molecular complexity index is 714. The maximum Gasteiger partial charge on any atom is 0.172 e. The molecule has 1 aliphatic carbocycles. The van der Waals surface area contributed by atoms with E-state index in [1.54, 1.807) is 11.3 Å². The summed E-state index contributed by atoms with van der Waals surface area (Å²) in [5, 5.41) is 3.20. The molecule has 0 bridgehead atoms. The lowest BCUT2D eigenvalue weighted by Gasteiger charge is -2.33. The quantitative estimate of drug-likeness (QED) is 0.844. The van der Waals surface area contributed by atoms with Crippen molar-refractivity contribution in [2.75, 3.05) is 13.2 Å². The molecule has 114 valence electrons. The summed E-state index contributed by atoms with van der Waals surface area (Å²) in [5.41, 5.74) is 5.10. The summed E-state index contributed by atoms with van der Waals surface area (Å²) in [5.74, 6) is -0.360. The van der Waals surface area contributed by atoms with Gasteiger partial charge in [-0.1, -0.05) is 24.3 Å². The fourth-order valence-corrected chi connectivity index (χ4v) is 3.93. The highest BCUT2D eigenvalue weighted by molar-refractivity contribution is 7.09. The van der Waals surface area contributed by atoms with Crippen molar-refractivity contribution in [2.24, 2.45) is 0 Å². The van der Waals surface area contributed by atoms with Crippen molar-refractivity contribution in [3.8, 4) is 0 Å². The first kappa shape index (κ1) is 14.1. The Labute approximate surface area is 134 Å². The second-order valence-electron chi connectivity index (χ2n) is 5.89. The van der Waals surface area contributed by atoms with Gasteiger partial charge in [-0.25, -0.2) is 4.98 Å². The Balaban J connectivity index is 1.61. The summed E-state index contributed by atoms with van der Waals surface area (Å²) in [6.45, 7) is 3.48. The summed E-state index contributed by atoms with van der Waals surface area (Å²) >= 11 is 1.69. The smallest absolute Gasteiger partial charge is 0.172 e. The van der Waals surface area contributed by atoms with Crippen LogP contribution in [0, 0.1) is 6.92 Å². The number of rotatable bonds is 2. The molecular formula is C18H19NO2S. The minimum atomic E-state index is -0.360. The van der Waals surface area contributed by atoms with Crippen LogP contribution in [0.2, 0.25) is 0 Å². The van der Waals surface area contributed by atoms with E-state index in [9.17, 15) is 0 Å². The zero-order valence-electron chi connectivity index (χ0n) is 12.7. The highest BCUT2D eigenvalue weighted by atomic mass is 32.1. The molecule has 0 radical (unpaired) electrons. The van der Waals surface area contributed by atoms with Crippen molar-refractivity contribution < 1.29 is 9.47 Å². The topological polar surface area (TPSA) is 31.4 Å². The molecule has 0 atom stereocenters. The molecule has 2 aliphatic rings. The number of fused-ring (bicyclic) bond motifs is 1. The fourth-order valence-electron chi connectivity index (χ4n) is 3.35. The predicted molar refractivity (Wildman–Crippen MR) is 88.9 cm³/mol. The van der Waals surface area contributed by atoms with Crippen LogP contribution in [0.25, 0.3) is 12.2 Å². The third-order valence-electron chi connectivity index (χ3n) is 4.41. The average molecular weight is 313 g/mol. The van der Waals surface area contributed by atoms with Gasteiger partial charge < -0.3 is 9.47 Å². The lowest BCUT2D eigenvalue weighted by Crippen LogP contribution is -2.37. The first-order chi connectivity index (χ1) is 10.7. The molecule has 1 spiro atoms. The second-order valence-corrected chi connectivity index (χ2v) is 6.96. The Kier molecular flexibility index (Phi) is 3.60. The van der Waals surface area contributed by atoms with Crippen LogP contribution in [0.3, 0.4) is 0 Å². The van der Waals surface area contributed by atoms with Gasteiger partial charge in [0.05, 0.1) is 23.9 Å². The number of benzene rings is 1. The van der Waals surface area contributed by atoms with Gasteiger partial charge in [-0.15, -0.1) is 11.3 Å². The molecular weight excluding hydrogens is 294 g/mol. The summed E-state index contributed by atoms with van der Waals surface area (Å²) in [6.07, 6.45) is 7.10. The van der Waals surface area contributed by atoms with Crippen molar-refractivity contribution in [3.05, 3.63) is 51.0 Å². The number of hydrogen-bond donors (Lipinski definition) is 0. The molecule has 0 saturated carbocycles. The van der Waals surface area contributed by atoms with Gasteiger partial charge in [-0.2, -0.15) is 0 Å². The Hall–Kier alpha value is -1.49. The number of ether oxygens (including phenoxy) is 2.